The lowest BCUT2D eigenvalue weighted by atomic mass is 10.2. The van der Waals surface area contributed by atoms with E-state index < -0.39 is 27.0 Å². The molecule has 0 aliphatic heterocycles. The van der Waals surface area contributed by atoms with Crippen LogP contribution in [0.2, 0.25) is 0 Å². The van der Waals surface area contributed by atoms with Crippen molar-refractivity contribution in [1.29, 1.82) is 0 Å². The summed E-state index contributed by atoms with van der Waals surface area (Å²) >= 11 is 0. The average molecular weight is 237 g/mol. The number of nitrogens with zero attached hydrogens (tertiary/aromatic N) is 1. The third-order valence-corrected chi connectivity index (χ3v) is 2.53. The van der Waals surface area contributed by atoms with Gasteiger partial charge in [0.05, 0.1) is 11.3 Å². The average Bonchev–Trinajstić information content (AvgIpc) is 2.15. The van der Waals surface area contributed by atoms with Gasteiger partial charge in [-0.2, -0.15) is 0 Å². The van der Waals surface area contributed by atoms with Crippen LogP contribution in [-0.2, 0) is 16.6 Å². The lowest BCUT2D eigenvalue weighted by Gasteiger charge is -2.07. The van der Waals surface area contributed by atoms with E-state index >= 15 is 0 Å². The second-order valence-corrected chi connectivity index (χ2v) is 4.22. The summed E-state index contributed by atoms with van der Waals surface area (Å²) in [5.74, 6) is 0. The lowest BCUT2D eigenvalue weighted by molar-refractivity contribution is 0.147. The fourth-order valence-electron chi connectivity index (χ4n) is 0.997. The molecule has 0 radical (unpaired) electrons. The van der Waals surface area contributed by atoms with Crippen molar-refractivity contribution in [3.05, 3.63) is 23.4 Å². The normalized spacial score (nSPS) is 12.1. The lowest BCUT2D eigenvalue weighted by Crippen LogP contribution is -2.18. The topological polar surface area (TPSA) is 99.1 Å². The molecule has 84 valence electrons. The zero-order chi connectivity index (χ0) is 11.6. The van der Waals surface area contributed by atoms with Crippen molar-refractivity contribution in [2.24, 2.45) is 10.9 Å². The van der Waals surface area contributed by atoms with E-state index in [4.69, 9.17) is 10.9 Å². The highest BCUT2D eigenvalue weighted by atomic mass is 32.2. The van der Waals surface area contributed by atoms with Gasteiger partial charge in [0, 0.05) is 6.54 Å². The second kappa shape index (κ2) is 4.17. The quantitative estimate of drug-likeness (QED) is 0.780. The molecule has 8 heteroatoms. The number of sulfonamides is 1. The first kappa shape index (κ1) is 12.0. The van der Waals surface area contributed by atoms with Crippen molar-refractivity contribution in [3.8, 4) is 0 Å². The van der Waals surface area contributed by atoms with E-state index in [0.717, 1.165) is 6.07 Å². The van der Waals surface area contributed by atoms with Crippen LogP contribution in [-0.4, -0.2) is 13.4 Å². The maximum Gasteiger partial charge on any atom is 0.266 e. The number of primary sulfonamides is 1. The Morgan fingerprint density at radius 2 is 2.00 bits per heavy atom. The number of halogens is 2. The van der Waals surface area contributed by atoms with E-state index in [1.54, 1.807) is 0 Å². The molecule has 0 spiro atoms. The van der Waals surface area contributed by atoms with Crippen LogP contribution in [0.4, 0.5) is 8.78 Å². The van der Waals surface area contributed by atoms with Crippen LogP contribution in [0.25, 0.3) is 0 Å². The Labute approximate surface area is 85.2 Å². The monoisotopic (exact) mass is 237 g/mol. The summed E-state index contributed by atoms with van der Waals surface area (Å²) in [5.41, 5.74) is 4.67. The van der Waals surface area contributed by atoms with Gasteiger partial charge in [-0.25, -0.2) is 27.3 Å². The Hall–Kier alpha value is -1.12. The molecule has 0 saturated heterocycles. The van der Waals surface area contributed by atoms with Crippen LogP contribution >= 0.6 is 0 Å². The molecule has 15 heavy (non-hydrogen) atoms. The van der Waals surface area contributed by atoms with Gasteiger partial charge < -0.3 is 5.73 Å². The first-order chi connectivity index (χ1) is 6.86. The predicted molar refractivity (Wildman–Crippen MR) is 48.5 cm³/mol. The Bertz CT molecular complexity index is 461. The minimum absolute atomic E-state index is 0.0496. The Balaban J connectivity index is 3.43. The Morgan fingerprint density at radius 3 is 2.40 bits per heavy atom. The molecule has 0 aliphatic carbocycles. The third-order valence-electron chi connectivity index (χ3n) is 1.66. The second-order valence-electron chi connectivity index (χ2n) is 2.75. The van der Waals surface area contributed by atoms with Crippen molar-refractivity contribution in [2.75, 3.05) is 0 Å². The van der Waals surface area contributed by atoms with Gasteiger partial charge >= 0.3 is 0 Å². The minimum atomic E-state index is -4.26. The van der Waals surface area contributed by atoms with Crippen molar-refractivity contribution in [3.63, 3.8) is 0 Å². The van der Waals surface area contributed by atoms with Gasteiger partial charge in [0.25, 0.3) is 16.4 Å². The molecule has 0 saturated carbocycles. The number of nitrogens with two attached hydrogens (primary N) is 2. The van der Waals surface area contributed by atoms with Gasteiger partial charge in [-0.3, -0.25) is 0 Å². The van der Waals surface area contributed by atoms with Crippen LogP contribution in [0.1, 0.15) is 17.7 Å². The van der Waals surface area contributed by atoms with Crippen LogP contribution < -0.4 is 10.9 Å². The maximum absolute atomic E-state index is 12.4. The summed E-state index contributed by atoms with van der Waals surface area (Å²) in [7, 11) is -4.26. The van der Waals surface area contributed by atoms with E-state index in [1.807, 2.05) is 0 Å². The molecule has 0 aromatic carbocycles. The van der Waals surface area contributed by atoms with Crippen LogP contribution in [0, 0.1) is 0 Å². The third kappa shape index (κ3) is 2.67. The van der Waals surface area contributed by atoms with E-state index in [-0.39, 0.29) is 12.2 Å². The standard InChI is InChI=1S/C7H9F2N3O2S/c8-6(9)5-2-1-4(3-10)12-7(5)15(11,13)14/h1-2,6H,3,10H2,(H2,11,13,14). The molecular weight excluding hydrogens is 228 g/mol. The number of hydrogen-bond acceptors (Lipinski definition) is 4. The number of alkyl halides is 2. The van der Waals surface area contributed by atoms with E-state index in [0.29, 0.717) is 0 Å². The first-order valence-electron chi connectivity index (χ1n) is 3.87. The van der Waals surface area contributed by atoms with Crippen molar-refractivity contribution >= 4 is 10.0 Å². The molecule has 0 bridgehead atoms. The van der Waals surface area contributed by atoms with Gasteiger partial charge in [-0.1, -0.05) is 0 Å². The smallest absolute Gasteiger partial charge is 0.266 e. The fraction of sp³-hybridized carbons (Fsp3) is 0.286. The van der Waals surface area contributed by atoms with E-state index in [2.05, 4.69) is 4.98 Å². The molecule has 0 aliphatic rings. The molecule has 5 nitrogen and oxygen atoms in total. The molecule has 4 N–H and O–H groups in total. The minimum Gasteiger partial charge on any atom is -0.325 e. The van der Waals surface area contributed by atoms with E-state index in [9.17, 15) is 17.2 Å². The first-order valence-corrected chi connectivity index (χ1v) is 5.41. The SMILES string of the molecule is NCc1ccc(C(F)F)c(S(N)(=O)=O)n1. The molecule has 1 heterocycles. The fourth-order valence-corrected chi connectivity index (χ4v) is 1.73. The molecule has 1 aromatic heterocycles. The van der Waals surface area contributed by atoms with Gasteiger partial charge in [0.15, 0.2) is 5.03 Å². The molecule has 1 rings (SSSR count). The summed E-state index contributed by atoms with van der Waals surface area (Å²) in [6.07, 6.45) is -2.95. The zero-order valence-electron chi connectivity index (χ0n) is 7.52. The van der Waals surface area contributed by atoms with Gasteiger partial charge in [-0.05, 0) is 12.1 Å². The highest BCUT2D eigenvalue weighted by molar-refractivity contribution is 7.89. The van der Waals surface area contributed by atoms with Gasteiger partial charge in [0.1, 0.15) is 0 Å². The summed E-state index contributed by atoms with van der Waals surface area (Å²) in [6.45, 7) is -0.0496. The van der Waals surface area contributed by atoms with E-state index in [1.165, 1.54) is 6.07 Å². The molecule has 0 fully saturated rings. The number of hydrogen-bond donors (Lipinski definition) is 2. The van der Waals surface area contributed by atoms with Gasteiger partial charge in [-0.15, -0.1) is 0 Å². The summed E-state index contributed by atoms with van der Waals surface area (Å²) in [5, 5.41) is 3.94. The molecule has 0 unspecified atom stereocenters. The maximum atomic E-state index is 12.4. The molecule has 0 atom stereocenters. The van der Waals surface area contributed by atoms with Crippen molar-refractivity contribution < 1.29 is 17.2 Å². The highest BCUT2D eigenvalue weighted by Crippen LogP contribution is 2.24. The Morgan fingerprint density at radius 1 is 1.40 bits per heavy atom. The molecular formula is C7H9F2N3O2S. The molecule has 1 aromatic rings. The predicted octanol–water partition coefficient (Wildman–Crippen LogP) is 0.125. The van der Waals surface area contributed by atoms with Gasteiger partial charge in [0.2, 0.25) is 0 Å². The number of aromatic nitrogens is 1. The van der Waals surface area contributed by atoms with Crippen LogP contribution in [0.15, 0.2) is 17.2 Å². The highest BCUT2D eigenvalue weighted by Gasteiger charge is 2.22. The number of rotatable bonds is 3. The summed E-state index contributed by atoms with van der Waals surface area (Å²) in [4.78, 5) is 3.47. The summed E-state index contributed by atoms with van der Waals surface area (Å²) < 4.78 is 46.7. The zero-order valence-corrected chi connectivity index (χ0v) is 8.34. The Kier molecular flexibility index (Phi) is 3.32. The van der Waals surface area contributed by atoms with Crippen LogP contribution in [0.3, 0.4) is 0 Å². The number of pyridine rings is 1. The van der Waals surface area contributed by atoms with Crippen molar-refractivity contribution in [1.82, 2.24) is 4.98 Å². The largest absolute Gasteiger partial charge is 0.325 e. The molecule has 0 amide bonds. The van der Waals surface area contributed by atoms with Crippen LogP contribution in [0.5, 0.6) is 0 Å². The summed E-state index contributed by atoms with van der Waals surface area (Å²) in [6, 6.07) is 2.19. The van der Waals surface area contributed by atoms with Crippen molar-refractivity contribution in [2.45, 2.75) is 18.0 Å².